The second-order valence-corrected chi connectivity index (χ2v) is 17.7. The minimum atomic E-state index is -1.06. The molecule has 3 aliphatic carbocycles. The summed E-state index contributed by atoms with van der Waals surface area (Å²) in [6.45, 7) is 17.1. The van der Waals surface area contributed by atoms with E-state index >= 15 is 0 Å². The zero-order chi connectivity index (χ0) is 38.6. The lowest BCUT2D eigenvalue weighted by molar-refractivity contribution is -0.252. The van der Waals surface area contributed by atoms with Crippen molar-refractivity contribution < 1.29 is 29.3 Å². The average Bonchev–Trinajstić information content (AvgIpc) is 3.88. The molecule has 3 saturated carbocycles. The Morgan fingerprint density at radius 3 is 2.50 bits per heavy atom. The van der Waals surface area contributed by atoms with E-state index < -0.39 is 40.0 Å². The molecule has 5 aliphatic rings. The normalized spacial score (nSPS) is 37.2. The Bertz CT molecular complexity index is 1760. The second kappa shape index (κ2) is 14.6. The van der Waals surface area contributed by atoms with Crippen molar-refractivity contribution in [2.24, 2.45) is 33.8 Å². The van der Waals surface area contributed by atoms with E-state index in [1.807, 2.05) is 37.2 Å². The number of aromatic nitrogens is 4. The fourth-order valence-electron chi connectivity index (χ4n) is 11.0. The number of hydrogen-bond donors (Lipinski definition) is 3. The Hall–Kier alpha value is -3.46. The maximum absolute atomic E-state index is 13.7. The number of piperazine rings is 1. The Labute approximate surface area is 318 Å². The number of nitrogens with zero attached hydrogens (tertiary/aromatic N) is 7. The molecule has 2 saturated heterocycles. The molecule has 5 fully saturated rings. The number of esters is 1. The molecule has 2 bridgehead atoms. The number of imidazole rings is 1. The van der Waals surface area contributed by atoms with Crippen LogP contribution in [-0.2, 0) is 25.7 Å². The lowest BCUT2D eigenvalue weighted by atomic mass is 9.42. The quantitative estimate of drug-likeness (QED) is 0.239. The highest BCUT2D eigenvalue weighted by atomic mass is 16.6. The van der Waals surface area contributed by atoms with E-state index in [9.17, 15) is 24.6 Å². The number of fused-ring (bicyclic) bond motifs is 1. The van der Waals surface area contributed by atoms with Gasteiger partial charge in [0.1, 0.15) is 17.7 Å². The van der Waals surface area contributed by atoms with Gasteiger partial charge >= 0.3 is 5.97 Å². The van der Waals surface area contributed by atoms with Gasteiger partial charge in [-0.05, 0) is 56.8 Å². The summed E-state index contributed by atoms with van der Waals surface area (Å²) in [7, 11) is 0. The lowest BCUT2D eigenvalue weighted by Gasteiger charge is -2.64. The van der Waals surface area contributed by atoms with Crippen molar-refractivity contribution in [3.8, 4) is 0 Å². The monoisotopic (exact) mass is 748 g/mol. The molecule has 0 radical (unpaired) electrons. The van der Waals surface area contributed by atoms with Gasteiger partial charge in [-0.15, -0.1) is 6.58 Å². The van der Waals surface area contributed by atoms with Gasteiger partial charge in [0.2, 0.25) is 5.91 Å². The number of amides is 1. The van der Waals surface area contributed by atoms with Gasteiger partial charge in [-0.1, -0.05) is 26.8 Å². The van der Waals surface area contributed by atoms with E-state index in [1.165, 1.54) is 0 Å². The zero-order valence-electron chi connectivity index (χ0n) is 32.6. The maximum Gasteiger partial charge on any atom is 0.307 e. The van der Waals surface area contributed by atoms with Crippen LogP contribution < -0.4 is 10.6 Å². The highest BCUT2D eigenvalue weighted by Gasteiger charge is 2.72. The van der Waals surface area contributed by atoms with Crippen LogP contribution in [0.25, 0.3) is 11.2 Å². The largest absolute Gasteiger partial charge is 0.459 e. The highest BCUT2D eigenvalue weighted by molar-refractivity contribution is 5.86. The van der Waals surface area contributed by atoms with E-state index in [0.29, 0.717) is 77.8 Å². The zero-order valence-corrected chi connectivity index (χ0v) is 32.6. The Kier molecular flexibility index (Phi) is 10.5. The van der Waals surface area contributed by atoms with Crippen LogP contribution in [0.1, 0.15) is 85.5 Å². The summed E-state index contributed by atoms with van der Waals surface area (Å²) in [5.74, 6) is -0.0355. The molecule has 4 heterocycles. The second-order valence-electron chi connectivity index (χ2n) is 17.7. The number of nitrogens with two attached hydrogens (primary N) is 1. The summed E-state index contributed by atoms with van der Waals surface area (Å²) >= 11 is 0. The minimum Gasteiger partial charge on any atom is -0.459 e. The van der Waals surface area contributed by atoms with Crippen LogP contribution >= 0.6 is 0 Å². The molecular formula is C40H60N8O6. The van der Waals surface area contributed by atoms with Crippen molar-refractivity contribution in [1.29, 1.82) is 0 Å². The number of hydrogen-bond acceptors (Lipinski definition) is 12. The van der Waals surface area contributed by atoms with Gasteiger partial charge in [-0.2, -0.15) is 0 Å². The Morgan fingerprint density at radius 1 is 1.04 bits per heavy atom. The molecule has 1 amide bonds. The summed E-state index contributed by atoms with van der Waals surface area (Å²) in [6, 6.07) is 0.135. The van der Waals surface area contributed by atoms with Gasteiger partial charge in [0.05, 0.1) is 25.0 Å². The molecule has 9 unspecified atom stereocenters. The van der Waals surface area contributed by atoms with Crippen molar-refractivity contribution in [2.75, 3.05) is 50.7 Å². The number of aliphatic hydroxyl groups is 2. The number of carbonyl (C=O) groups is 3. The Morgan fingerprint density at radius 2 is 1.80 bits per heavy atom. The van der Waals surface area contributed by atoms with Gasteiger partial charge < -0.3 is 35.1 Å². The first kappa shape index (κ1) is 38.8. The average molecular weight is 749 g/mol. The van der Waals surface area contributed by atoms with Crippen LogP contribution in [0, 0.1) is 28.1 Å². The molecule has 2 aromatic heterocycles. The first-order valence-electron chi connectivity index (χ1n) is 20.1. The molecule has 54 heavy (non-hydrogen) atoms. The molecule has 9 atom stereocenters. The van der Waals surface area contributed by atoms with Crippen molar-refractivity contribution >= 4 is 34.6 Å². The Balaban J connectivity index is 0.908. The van der Waals surface area contributed by atoms with Crippen LogP contribution in [0.2, 0.25) is 0 Å². The molecule has 0 spiro atoms. The van der Waals surface area contributed by atoms with Gasteiger partial charge in [-0.3, -0.25) is 19.3 Å². The van der Waals surface area contributed by atoms with E-state index in [-0.39, 0.29) is 42.5 Å². The predicted octanol–water partition coefficient (Wildman–Crippen LogP) is 2.70. The number of Topliss-reactive ketones (excluding diaryl/α,β-unsaturated/α-hetero) is 1. The molecule has 2 aromatic rings. The summed E-state index contributed by atoms with van der Waals surface area (Å²) in [6.07, 6.45) is 7.96. The molecule has 4 N–H and O–H groups in total. The summed E-state index contributed by atoms with van der Waals surface area (Å²) in [5, 5.41) is 23.6. The molecular weight excluding hydrogens is 688 g/mol. The summed E-state index contributed by atoms with van der Waals surface area (Å²) < 4.78 is 8.37. The SMILES string of the molecule is C=CC1(C)CC(O)C2(C)C3C(=O)CCC3(CCC2(C)OC(=O)CCN2CCN(C(=O)CCCn3cnc4c(N5CCC(N)C5)ncnc43)CC2)C(C)C1O. The third kappa shape index (κ3) is 6.44. The van der Waals surface area contributed by atoms with Gasteiger partial charge in [0, 0.05) is 88.0 Å². The van der Waals surface area contributed by atoms with Crippen molar-refractivity contribution in [2.45, 2.75) is 116 Å². The van der Waals surface area contributed by atoms with Gasteiger partial charge in [0.15, 0.2) is 17.0 Å². The van der Waals surface area contributed by atoms with E-state index in [0.717, 1.165) is 36.5 Å². The summed E-state index contributed by atoms with van der Waals surface area (Å²) in [5.41, 5.74) is 4.31. The number of ether oxygens (including phenoxy) is 1. The van der Waals surface area contributed by atoms with Crippen LogP contribution in [0.4, 0.5) is 5.82 Å². The van der Waals surface area contributed by atoms with Crippen molar-refractivity contribution in [3.05, 3.63) is 25.3 Å². The highest BCUT2D eigenvalue weighted by Crippen LogP contribution is 2.69. The van der Waals surface area contributed by atoms with Crippen LogP contribution in [0.3, 0.4) is 0 Å². The smallest absolute Gasteiger partial charge is 0.307 e. The number of ketones is 1. The predicted molar refractivity (Wildman–Crippen MR) is 203 cm³/mol. The third-order valence-electron chi connectivity index (χ3n) is 14.8. The lowest BCUT2D eigenvalue weighted by Crippen LogP contribution is -2.69. The van der Waals surface area contributed by atoms with E-state index in [2.05, 4.69) is 31.3 Å². The number of aryl methyl sites for hydroxylation is 1. The molecule has 296 valence electrons. The van der Waals surface area contributed by atoms with Crippen LogP contribution in [0.5, 0.6) is 0 Å². The van der Waals surface area contributed by atoms with Gasteiger partial charge in [-0.25, -0.2) is 15.0 Å². The maximum atomic E-state index is 13.7. The fraction of sp³-hybridized carbons (Fsp3) is 0.750. The van der Waals surface area contributed by atoms with Crippen LogP contribution in [-0.4, -0.2) is 127 Å². The molecule has 14 nitrogen and oxygen atoms in total. The number of carbonyl (C=O) groups excluding carboxylic acids is 3. The van der Waals surface area contributed by atoms with Crippen molar-refractivity contribution in [1.82, 2.24) is 29.3 Å². The fourth-order valence-corrected chi connectivity index (χ4v) is 11.0. The van der Waals surface area contributed by atoms with E-state index in [1.54, 1.807) is 18.7 Å². The number of anilines is 1. The molecule has 7 rings (SSSR count). The number of rotatable bonds is 10. The van der Waals surface area contributed by atoms with Crippen molar-refractivity contribution in [3.63, 3.8) is 0 Å². The third-order valence-corrected chi connectivity index (χ3v) is 14.8. The number of aliphatic hydroxyl groups excluding tert-OH is 2. The van der Waals surface area contributed by atoms with Crippen LogP contribution in [0.15, 0.2) is 25.3 Å². The molecule has 0 aromatic carbocycles. The first-order valence-corrected chi connectivity index (χ1v) is 20.1. The standard InChI is InChI=1S/C40H60N8O6/c1-6-37(3)22-29(50)39(5)33-28(49)9-12-40(33,26(2)34(37)53)14-13-38(39,4)54-31(52)11-16-45-18-20-46(21-19-45)30(51)8-7-15-48-25-44-32-35(42-24-43-36(32)48)47-17-10-27(41)23-47/h6,24-27,29,33-34,50,53H,1,7-23,41H2,2-5H3. The molecule has 14 heteroatoms. The minimum absolute atomic E-state index is 0.0921. The summed E-state index contributed by atoms with van der Waals surface area (Å²) in [4.78, 5) is 60.3. The molecule has 2 aliphatic heterocycles. The topological polar surface area (TPSA) is 180 Å². The van der Waals surface area contributed by atoms with E-state index in [4.69, 9.17) is 10.5 Å². The van der Waals surface area contributed by atoms with Gasteiger partial charge in [0.25, 0.3) is 0 Å². The first-order chi connectivity index (χ1) is 25.7.